The van der Waals surface area contributed by atoms with Crippen LogP contribution in [-0.2, 0) is 4.84 Å². The van der Waals surface area contributed by atoms with Crippen LogP contribution < -0.4 is 0 Å². The summed E-state index contributed by atoms with van der Waals surface area (Å²) in [6, 6.07) is 0.389. The molecule has 0 atom stereocenters. The van der Waals surface area contributed by atoms with Crippen LogP contribution in [0.5, 0.6) is 0 Å². The van der Waals surface area contributed by atoms with Crippen molar-refractivity contribution in [3.63, 3.8) is 0 Å². The van der Waals surface area contributed by atoms with Crippen LogP contribution in [0.4, 0.5) is 0 Å². The molecule has 3 heteroatoms. The zero-order valence-corrected chi connectivity index (χ0v) is 11.5. The lowest BCUT2D eigenvalue weighted by Gasteiger charge is -2.46. The summed E-state index contributed by atoms with van der Waals surface area (Å²) in [6.45, 7) is 18.0. The third-order valence-corrected chi connectivity index (χ3v) is 2.81. The first-order valence-electron chi connectivity index (χ1n) is 6.09. The predicted octanol–water partition coefficient (Wildman–Crippen LogP) is 2.73. The SMILES string of the molecule is CCON(C(C)C)C(C)(C)N(CC)CC. The summed E-state index contributed by atoms with van der Waals surface area (Å²) in [6.07, 6.45) is 0. The average Bonchev–Trinajstić information content (AvgIpc) is 2.14. The molecule has 0 N–H and O–H groups in total. The number of hydroxylamine groups is 2. The van der Waals surface area contributed by atoms with Crippen LogP contribution in [0.2, 0.25) is 0 Å². The van der Waals surface area contributed by atoms with Gasteiger partial charge in [-0.2, -0.15) is 5.06 Å². The number of nitrogens with zero attached hydrogens (tertiary/aromatic N) is 2. The summed E-state index contributed by atoms with van der Waals surface area (Å²) in [4.78, 5) is 8.15. The van der Waals surface area contributed by atoms with Gasteiger partial charge in [-0.05, 0) is 47.7 Å². The molecule has 92 valence electrons. The maximum absolute atomic E-state index is 5.74. The van der Waals surface area contributed by atoms with Crippen LogP contribution in [0, 0.1) is 0 Å². The zero-order valence-electron chi connectivity index (χ0n) is 11.5. The van der Waals surface area contributed by atoms with Crippen molar-refractivity contribution in [3.8, 4) is 0 Å². The fourth-order valence-electron chi connectivity index (χ4n) is 2.21. The van der Waals surface area contributed by atoms with E-state index in [1.807, 2.05) is 6.92 Å². The highest BCUT2D eigenvalue weighted by Crippen LogP contribution is 2.22. The lowest BCUT2D eigenvalue weighted by Crippen LogP contribution is -2.58. The standard InChI is InChI=1S/C12H28N2O/c1-8-13(9-2)12(6,7)14(11(4)5)15-10-3/h11H,8-10H2,1-7H3. The molecule has 0 radical (unpaired) electrons. The van der Waals surface area contributed by atoms with E-state index in [1.165, 1.54) is 0 Å². The Morgan fingerprint density at radius 3 is 1.80 bits per heavy atom. The Balaban J connectivity index is 4.74. The molecule has 0 aromatic rings. The molecule has 0 amide bonds. The highest BCUT2D eigenvalue weighted by molar-refractivity contribution is 4.78. The van der Waals surface area contributed by atoms with Gasteiger partial charge < -0.3 is 0 Å². The molecule has 0 aliphatic rings. The monoisotopic (exact) mass is 216 g/mol. The third kappa shape index (κ3) is 3.74. The summed E-state index contributed by atoms with van der Waals surface area (Å²) >= 11 is 0. The van der Waals surface area contributed by atoms with Crippen molar-refractivity contribution in [2.45, 2.75) is 60.2 Å². The largest absolute Gasteiger partial charge is 0.297 e. The third-order valence-electron chi connectivity index (χ3n) is 2.81. The van der Waals surface area contributed by atoms with Gasteiger partial charge in [0.15, 0.2) is 0 Å². The van der Waals surface area contributed by atoms with E-state index in [4.69, 9.17) is 4.84 Å². The molecule has 0 unspecified atom stereocenters. The topological polar surface area (TPSA) is 15.7 Å². The molecule has 15 heavy (non-hydrogen) atoms. The molecular formula is C12H28N2O. The fourth-order valence-corrected chi connectivity index (χ4v) is 2.21. The van der Waals surface area contributed by atoms with Crippen LogP contribution >= 0.6 is 0 Å². The summed E-state index contributed by atoms with van der Waals surface area (Å²) in [5.41, 5.74) is -0.0479. The van der Waals surface area contributed by atoms with Gasteiger partial charge in [-0.1, -0.05) is 13.8 Å². The number of hydrogen-bond acceptors (Lipinski definition) is 3. The van der Waals surface area contributed by atoms with Gasteiger partial charge in [0.05, 0.1) is 12.3 Å². The van der Waals surface area contributed by atoms with Crippen molar-refractivity contribution in [1.29, 1.82) is 0 Å². The Morgan fingerprint density at radius 1 is 1.07 bits per heavy atom. The minimum absolute atomic E-state index is 0.0479. The van der Waals surface area contributed by atoms with Crippen molar-refractivity contribution < 1.29 is 4.84 Å². The lowest BCUT2D eigenvalue weighted by molar-refractivity contribution is -0.268. The highest BCUT2D eigenvalue weighted by atomic mass is 16.7. The zero-order chi connectivity index (χ0) is 12.1. The Hall–Kier alpha value is -0.120. The molecule has 0 heterocycles. The molecule has 0 saturated heterocycles. The summed E-state index contributed by atoms with van der Waals surface area (Å²) < 4.78 is 0. The van der Waals surface area contributed by atoms with Crippen LogP contribution in [0.25, 0.3) is 0 Å². The second kappa shape index (κ2) is 6.46. The molecule has 0 aromatic carbocycles. The van der Waals surface area contributed by atoms with E-state index in [-0.39, 0.29) is 5.66 Å². The van der Waals surface area contributed by atoms with E-state index < -0.39 is 0 Å². The Kier molecular flexibility index (Phi) is 6.41. The molecule has 0 fully saturated rings. The van der Waals surface area contributed by atoms with Crippen molar-refractivity contribution in [3.05, 3.63) is 0 Å². The Labute approximate surface area is 95.3 Å². The van der Waals surface area contributed by atoms with E-state index in [2.05, 4.69) is 51.5 Å². The molecule has 0 bridgehead atoms. The minimum Gasteiger partial charge on any atom is -0.297 e. The van der Waals surface area contributed by atoms with Crippen molar-refractivity contribution >= 4 is 0 Å². The Bertz CT molecular complexity index is 165. The van der Waals surface area contributed by atoms with Crippen molar-refractivity contribution in [1.82, 2.24) is 9.96 Å². The molecular weight excluding hydrogens is 188 g/mol. The molecule has 0 rings (SSSR count). The molecule has 0 aromatic heterocycles. The van der Waals surface area contributed by atoms with E-state index in [9.17, 15) is 0 Å². The maximum Gasteiger partial charge on any atom is 0.0923 e. The van der Waals surface area contributed by atoms with Crippen molar-refractivity contribution in [2.24, 2.45) is 0 Å². The molecule has 3 nitrogen and oxygen atoms in total. The van der Waals surface area contributed by atoms with Gasteiger partial charge in [-0.15, -0.1) is 0 Å². The van der Waals surface area contributed by atoms with Crippen LogP contribution in [0.3, 0.4) is 0 Å². The fraction of sp³-hybridized carbons (Fsp3) is 1.00. The van der Waals surface area contributed by atoms with Gasteiger partial charge in [0.25, 0.3) is 0 Å². The van der Waals surface area contributed by atoms with E-state index in [0.29, 0.717) is 6.04 Å². The van der Waals surface area contributed by atoms with E-state index >= 15 is 0 Å². The second-order valence-corrected chi connectivity index (χ2v) is 4.50. The molecule has 0 aliphatic heterocycles. The summed E-state index contributed by atoms with van der Waals surface area (Å²) in [7, 11) is 0. The first kappa shape index (κ1) is 14.9. The molecule has 0 aliphatic carbocycles. The highest BCUT2D eigenvalue weighted by Gasteiger charge is 2.34. The lowest BCUT2D eigenvalue weighted by atomic mass is 10.1. The summed E-state index contributed by atoms with van der Waals surface area (Å²) in [5, 5.41) is 2.10. The van der Waals surface area contributed by atoms with E-state index in [1.54, 1.807) is 0 Å². The first-order valence-corrected chi connectivity index (χ1v) is 6.09. The first-order chi connectivity index (χ1) is 6.91. The van der Waals surface area contributed by atoms with Crippen LogP contribution in [0.15, 0.2) is 0 Å². The number of hydrogen-bond donors (Lipinski definition) is 0. The average molecular weight is 216 g/mol. The van der Waals surface area contributed by atoms with Gasteiger partial charge in [0.2, 0.25) is 0 Å². The summed E-state index contributed by atoms with van der Waals surface area (Å²) in [5.74, 6) is 0. The Morgan fingerprint density at radius 2 is 1.53 bits per heavy atom. The van der Waals surface area contributed by atoms with Gasteiger partial charge >= 0.3 is 0 Å². The molecule has 0 spiro atoms. The van der Waals surface area contributed by atoms with E-state index in [0.717, 1.165) is 19.7 Å². The second-order valence-electron chi connectivity index (χ2n) is 4.50. The minimum atomic E-state index is -0.0479. The van der Waals surface area contributed by atoms with Crippen LogP contribution in [-0.4, -0.2) is 41.4 Å². The quantitative estimate of drug-likeness (QED) is 0.481. The van der Waals surface area contributed by atoms with Crippen molar-refractivity contribution in [2.75, 3.05) is 19.7 Å². The molecule has 0 saturated carbocycles. The number of rotatable bonds is 7. The normalized spacial score (nSPS) is 13.2. The van der Waals surface area contributed by atoms with Gasteiger partial charge in [-0.25, -0.2) is 0 Å². The smallest absolute Gasteiger partial charge is 0.0923 e. The predicted molar refractivity (Wildman–Crippen MR) is 65.6 cm³/mol. The van der Waals surface area contributed by atoms with Gasteiger partial charge in [0, 0.05) is 6.04 Å². The van der Waals surface area contributed by atoms with Gasteiger partial charge in [0.1, 0.15) is 0 Å². The van der Waals surface area contributed by atoms with Gasteiger partial charge in [-0.3, -0.25) is 9.74 Å². The van der Waals surface area contributed by atoms with Crippen LogP contribution in [0.1, 0.15) is 48.5 Å². The maximum atomic E-state index is 5.74.